The number of nitrogens with zero attached hydrogens (tertiary/aromatic N) is 4. The van der Waals surface area contributed by atoms with E-state index in [-0.39, 0.29) is 29.9 Å². The van der Waals surface area contributed by atoms with Crippen molar-refractivity contribution in [2.24, 2.45) is 4.99 Å². The van der Waals surface area contributed by atoms with Crippen LogP contribution in [-0.4, -0.2) is 87.0 Å². The van der Waals surface area contributed by atoms with Crippen LogP contribution in [0.3, 0.4) is 0 Å². The molecular weight excluding hydrogens is 493 g/mol. The molecule has 1 aromatic carbocycles. The van der Waals surface area contributed by atoms with E-state index in [1.807, 2.05) is 61.9 Å². The molecule has 1 aromatic rings. The number of nitrogens with one attached hydrogen (secondary N) is 1. The first-order valence-corrected chi connectivity index (χ1v) is 10.5. The maximum atomic E-state index is 12.4. The Labute approximate surface area is 199 Å². The van der Waals surface area contributed by atoms with Gasteiger partial charge in [-0.05, 0) is 59.0 Å². The molecule has 0 fully saturated rings. The summed E-state index contributed by atoms with van der Waals surface area (Å²) in [7, 11) is 6.02. The lowest BCUT2D eigenvalue weighted by Gasteiger charge is -2.25. The Morgan fingerprint density at radius 2 is 1.70 bits per heavy atom. The molecule has 0 bridgehead atoms. The molecule has 172 valence electrons. The van der Waals surface area contributed by atoms with Crippen LogP contribution in [0.15, 0.2) is 29.3 Å². The van der Waals surface area contributed by atoms with E-state index in [1.165, 1.54) is 0 Å². The third-order valence-corrected chi connectivity index (χ3v) is 4.54. The van der Waals surface area contributed by atoms with Gasteiger partial charge in [0.25, 0.3) is 0 Å². The second kappa shape index (κ2) is 16.2. The van der Waals surface area contributed by atoms with Gasteiger partial charge in [-0.1, -0.05) is 12.1 Å². The molecule has 0 aliphatic carbocycles. The summed E-state index contributed by atoms with van der Waals surface area (Å²) in [4.78, 5) is 22.9. The first kappa shape index (κ1) is 28.5. The molecule has 1 amide bonds. The van der Waals surface area contributed by atoms with E-state index in [9.17, 15) is 4.79 Å². The Balaban J connectivity index is 0.00000841. The van der Waals surface area contributed by atoms with Gasteiger partial charge in [0.2, 0.25) is 5.91 Å². The predicted molar refractivity (Wildman–Crippen MR) is 136 cm³/mol. The Morgan fingerprint density at radius 3 is 2.23 bits per heavy atom. The lowest BCUT2D eigenvalue weighted by Crippen LogP contribution is -2.45. The first-order valence-electron chi connectivity index (χ1n) is 10.5. The van der Waals surface area contributed by atoms with Crippen LogP contribution in [0.25, 0.3) is 0 Å². The van der Waals surface area contributed by atoms with Gasteiger partial charge in [-0.3, -0.25) is 4.79 Å². The molecule has 1 N–H and O–H groups in total. The molecule has 0 saturated carbocycles. The molecule has 0 unspecified atom stereocenters. The second-order valence-corrected chi connectivity index (χ2v) is 7.24. The van der Waals surface area contributed by atoms with E-state index in [1.54, 1.807) is 0 Å². The highest BCUT2D eigenvalue weighted by Crippen LogP contribution is 2.13. The van der Waals surface area contributed by atoms with Gasteiger partial charge < -0.3 is 24.8 Å². The summed E-state index contributed by atoms with van der Waals surface area (Å²) in [6.07, 6.45) is 1.00. The van der Waals surface area contributed by atoms with Crippen LogP contribution in [0, 0.1) is 0 Å². The van der Waals surface area contributed by atoms with E-state index in [0.29, 0.717) is 19.7 Å². The topological polar surface area (TPSA) is 60.4 Å². The van der Waals surface area contributed by atoms with Crippen LogP contribution in [0.5, 0.6) is 5.75 Å². The van der Waals surface area contributed by atoms with Crippen molar-refractivity contribution in [1.29, 1.82) is 0 Å². The fourth-order valence-corrected chi connectivity index (χ4v) is 2.85. The first-order chi connectivity index (χ1) is 13.9. The molecule has 8 heteroatoms. The Kier molecular flexibility index (Phi) is 15.3. The maximum absolute atomic E-state index is 12.4. The Bertz CT molecular complexity index is 618. The van der Waals surface area contributed by atoms with E-state index in [0.717, 1.165) is 49.9 Å². The number of amides is 1. The second-order valence-electron chi connectivity index (χ2n) is 7.24. The SMILES string of the molecule is CCNC(=NCc1ccc(OCCCN(C)C)cc1)N(C)CC(=O)N(CC)CC.I. The van der Waals surface area contributed by atoms with Crippen molar-refractivity contribution in [2.45, 2.75) is 33.7 Å². The zero-order chi connectivity index (χ0) is 21.6. The normalized spacial score (nSPS) is 11.1. The summed E-state index contributed by atoms with van der Waals surface area (Å²) < 4.78 is 5.78. The molecule has 1 rings (SSSR count). The molecule has 30 heavy (non-hydrogen) atoms. The number of carbonyl (C=O) groups is 1. The van der Waals surface area contributed by atoms with Crippen molar-refractivity contribution < 1.29 is 9.53 Å². The average molecular weight is 533 g/mol. The van der Waals surface area contributed by atoms with Gasteiger partial charge >= 0.3 is 0 Å². The van der Waals surface area contributed by atoms with Crippen molar-refractivity contribution in [3.63, 3.8) is 0 Å². The molecule has 0 heterocycles. The molecular formula is C22H40IN5O2. The molecule has 0 spiro atoms. The third-order valence-electron chi connectivity index (χ3n) is 4.54. The predicted octanol–water partition coefficient (Wildman–Crippen LogP) is 2.90. The maximum Gasteiger partial charge on any atom is 0.242 e. The van der Waals surface area contributed by atoms with Gasteiger partial charge in [0.15, 0.2) is 5.96 Å². The van der Waals surface area contributed by atoms with Crippen LogP contribution in [0.2, 0.25) is 0 Å². The van der Waals surface area contributed by atoms with E-state index in [2.05, 4.69) is 29.3 Å². The molecule has 0 saturated heterocycles. The van der Waals surface area contributed by atoms with Crippen molar-refractivity contribution in [1.82, 2.24) is 20.0 Å². The van der Waals surface area contributed by atoms with Gasteiger partial charge in [0.1, 0.15) is 5.75 Å². The third kappa shape index (κ3) is 11.0. The molecule has 0 radical (unpaired) electrons. The van der Waals surface area contributed by atoms with E-state index in [4.69, 9.17) is 4.74 Å². The van der Waals surface area contributed by atoms with Crippen LogP contribution in [-0.2, 0) is 11.3 Å². The van der Waals surface area contributed by atoms with E-state index >= 15 is 0 Å². The number of guanidine groups is 1. The number of rotatable bonds is 12. The summed E-state index contributed by atoms with van der Waals surface area (Å²) in [5, 5.41) is 3.26. The fourth-order valence-electron chi connectivity index (χ4n) is 2.85. The van der Waals surface area contributed by atoms with Gasteiger partial charge in [-0.25, -0.2) is 4.99 Å². The lowest BCUT2D eigenvalue weighted by atomic mass is 10.2. The van der Waals surface area contributed by atoms with Gasteiger partial charge in [0, 0.05) is 33.2 Å². The number of benzene rings is 1. The van der Waals surface area contributed by atoms with Crippen LogP contribution < -0.4 is 10.1 Å². The number of aliphatic imine (C=N–C) groups is 1. The standard InChI is InChI=1S/C22H39N5O2.HI/c1-7-23-22(26(6)18-21(28)27(8-2)9-3)24-17-19-11-13-20(14-12-19)29-16-10-15-25(4)5;/h11-14H,7-10,15-18H2,1-6H3,(H,23,24);1H. The summed E-state index contributed by atoms with van der Waals surface area (Å²) in [6.45, 7) is 10.8. The van der Waals surface area contributed by atoms with Crippen molar-refractivity contribution in [2.75, 3.05) is 60.5 Å². The summed E-state index contributed by atoms with van der Waals surface area (Å²) in [5.74, 6) is 1.72. The zero-order valence-electron chi connectivity index (χ0n) is 19.5. The number of halogens is 1. The smallest absolute Gasteiger partial charge is 0.242 e. The van der Waals surface area contributed by atoms with Crippen molar-refractivity contribution in [3.05, 3.63) is 29.8 Å². The van der Waals surface area contributed by atoms with Crippen LogP contribution in [0.1, 0.15) is 32.8 Å². The zero-order valence-corrected chi connectivity index (χ0v) is 21.8. The van der Waals surface area contributed by atoms with Gasteiger partial charge in [-0.15, -0.1) is 24.0 Å². The van der Waals surface area contributed by atoms with Crippen molar-refractivity contribution in [3.8, 4) is 5.75 Å². The summed E-state index contributed by atoms with van der Waals surface area (Å²) in [6, 6.07) is 8.05. The monoisotopic (exact) mass is 533 g/mol. The number of hydrogen-bond acceptors (Lipinski definition) is 4. The minimum absolute atomic E-state index is 0. The van der Waals surface area contributed by atoms with Gasteiger partial charge in [0.05, 0.1) is 19.7 Å². The van der Waals surface area contributed by atoms with E-state index < -0.39 is 0 Å². The highest BCUT2D eigenvalue weighted by atomic mass is 127. The summed E-state index contributed by atoms with van der Waals surface area (Å²) >= 11 is 0. The molecule has 0 atom stereocenters. The molecule has 0 aliphatic rings. The van der Waals surface area contributed by atoms with Gasteiger partial charge in [-0.2, -0.15) is 0 Å². The fraction of sp³-hybridized carbons (Fsp3) is 0.636. The molecule has 0 aromatic heterocycles. The Hall–Kier alpha value is -1.55. The van der Waals surface area contributed by atoms with Crippen LogP contribution >= 0.6 is 24.0 Å². The number of likely N-dealkylation sites (N-methyl/N-ethyl adjacent to an activating group) is 2. The molecule has 0 aliphatic heterocycles. The highest BCUT2D eigenvalue weighted by molar-refractivity contribution is 14.0. The average Bonchev–Trinajstić information content (AvgIpc) is 2.70. The van der Waals surface area contributed by atoms with Crippen molar-refractivity contribution >= 4 is 35.8 Å². The number of carbonyl (C=O) groups excluding carboxylic acids is 1. The summed E-state index contributed by atoms with van der Waals surface area (Å²) in [5.41, 5.74) is 1.10. The highest BCUT2D eigenvalue weighted by Gasteiger charge is 2.14. The Morgan fingerprint density at radius 1 is 1.07 bits per heavy atom. The minimum Gasteiger partial charge on any atom is -0.494 e. The minimum atomic E-state index is 0. The quantitative estimate of drug-likeness (QED) is 0.194. The number of ether oxygens (including phenoxy) is 1. The van der Waals surface area contributed by atoms with Crippen LogP contribution in [0.4, 0.5) is 0 Å². The largest absolute Gasteiger partial charge is 0.494 e. The molecule has 7 nitrogen and oxygen atoms in total. The number of hydrogen-bond donors (Lipinski definition) is 1. The lowest BCUT2D eigenvalue weighted by molar-refractivity contribution is -0.131.